The number of nitrogens with zero attached hydrogens (tertiary/aromatic N) is 2. The Bertz CT molecular complexity index is 751. The van der Waals surface area contributed by atoms with Crippen LogP contribution in [0, 0.1) is 39.9 Å². The maximum absolute atomic E-state index is 14.2. The first kappa shape index (κ1) is 18.6. The minimum absolute atomic E-state index is 0.0131. The molecular weight excluding hydrogens is 350 g/mol. The Hall–Kier alpha value is -1.77. The molecular formula is C21H26F2N2O2. The summed E-state index contributed by atoms with van der Waals surface area (Å²) in [6.45, 7) is 4.76. The van der Waals surface area contributed by atoms with Gasteiger partial charge >= 0.3 is 0 Å². The van der Waals surface area contributed by atoms with Gasteiger partial charge in [0.05, 0.1) is 5.57 Å². The van der Waals surface area contributed by atoms with Gasteiger partial charge in [0.2, 0.25) is 5.91 Å². The van der Waals surface area contributed by atoms with Crippen LogP contribution in [0.2, 0.25) is 0 Å². The number of carbonyl (C=O) groups excluding carboxylic acids is 2. The molecule has 4 aliphatic rings. The molecule has 27 heavy (non-hydrogen) atoms. The second-order valence-electron chi connectivity index (χ2n) is 9.75. The number of hydrogen-bond acceptors (Lipinski definition) is 3. The number of fused-ring (bicyclic) bond motifs is 2. The van der Waals surface area contributed by atoms with E-state index in [9.17, 15) is 23.6 Å². The van der Waals surface area contributed by atoms with Gasteiger partial charge < -0.3 is 4.90 Å². The van der Waals surface area contributed by atoms with E-state index in [2.05, 4.69) is 0 Å². The Morgan fingerprint density at radius 1 is 1.26 bits per heavy atom. The highest BCUT2D eigenvalue weighted by atomic mass is 19.3. The highest BCUT2D eigenvalue weighted by Crippen LogP contribution is 2.55. The van der Waals surface area contributed by atoms with Crippen LogP contribution in [0.5, 0.6) is 0 Å². The summed E-state index contributed by atoms with van der Waals surface area (Å²) in [6.07, 6.45) is 4.72. The molecule has 4 rings (SSSR count). The van der Waals surface area contributed by atoms with Crippen LogP contribution in [0.15, 0.2) is 11.6 Å². The van der Waals surface area contributed by atoms with Crippen LogP contribution in [0.3, 0.4) is 0 Å². The molecule has 1 amide bonds. The van der Waals surface area contributed by atoms with Crippen LogP contribution in [0.1, 0.15) is 52.4 Å². The van der Waals surface area contributed by atoms with Gasteiger partial charge in [-0.05, 0) is 38.5 Å². The predicted octanol–water partition coefficient (Wildman–Crippen LogP) is 3.73. The van der Waals surface area contributed by atoms with Crippen molar-refractivity contribution in [3.8, 4) is 6.07 Å². The highest BCUT2D eigenvalue weighted by molar-refractivity contribution is 6.03. The monoisotopic (exact) mass is 376 g/mol. The van der Waals surface area contributed by atoms with Gasteiger partial charge in [0.15, 0.2) is 5.78 Å². The Labute approximate surface area is 158 Å². The first-order valence-electron chi connectivity index (χ1n) is 9.92. The van der Waals surface area contributed by atoms with Gasteiger partial charge in [0.25, 0.3) is 5.92 Å². The summed E-state index contributed by atoms with van der Waals surface area (Å²) >= 11 is 0. The van der Waals surface area contributed by atoms with Gasteiger partial charge in [-0.1, -0.05) is 19.9 Å². The lowest BCUT2D eigenvalue weighted by atomic mass is 9.64. The molecule has 2 saturated carbocycles. The number of halogens is 2. The quantitative estimate of drug-likeness (QED) is 0.701. The summed E-state index contributed by atoms with van der Waals surface area (Å²) in [4.78, 5) is 27.2. The molecule has 146 valence electrons. The summed E-state index contributed by atoms with van der Waals surface area (Å²) in [5, 5.41) is 9.34. The van der Waals surface area contributed by atoms with Crippen molar-refractivity contribution in [3.63, 3.8) is 0 Å². The maximum atomic E-state index is 14.2. The summed E-state index contributed by atoms with van der Waals surface area (Å²) in [6, 6.07) is 2.02. The second-order valence-corrected chi connectivity index (χ2v) is 9.75. The van der Waals surface area contributed by atoms with Crippen molar-refractivity contribution in [2.24, 2.45) is 28.6 Å². The Morgan fingerprint density at radius 3 is 2.48 bits per heavy atom. The molecule has 0 radical (unpaired) electrons. The molecule has 3 aliphatic carbocycles. The standard InChI is InChI=1S/C21H26F2N2O2/c1-19(2)11-20(9-14(10-24)17(19)26)5-6-25(12-20)18(27)13-7-15-3-4-16(8-13)21(15,22)23/h9,13,15-16H,3-8,11-12H2,1-2H3/t13?,15?,16?,20-/m0/s1. The molecule has 0 aromatic heterocycles. The summed E-state index contributed by atoms with van der Waals surface area (Å²) < 4.78 is 28.3. The van der Waals surface area contributed by atoms with Crippen LogP contribution in [0.25, 0.3) is 0 Å². The van der Waals surface area contributed by atoms with Crippen LogP contribution < -0.4 is 0 Å². The van der Waals surface area contributed by atoms with Crippen molar-refractivity contribution in [3.05, 3.63) is 11.6 Å². The van der Waals surface area contributed by atoms with E-state index < -0.39 is 23.2 Å². The highest BCUT2D eigenvalue weighted by Gasteiger charge is 2.58. The zero-order valence-corrected chi connectivity index (χ0v) is 15.9. The van der Waals surface area contributed by atoms with Crippen LogP contribution in [0.4, 0.5) is 8.78 Å². The van der Waals surface area contributed by atoms with Crippen molar-refractivity contribution in [1.29, 1.82) is 5.26 Å². The molecule has 0 N–H and O–H groups in total. The first-order chi connectivity index (χ1) is 12.6. The lowest BCUT2D eigenvalue weighted by molar-refractivity contribution is -0.147. The van der Waals surface area contributed by atoms with E-state index in [0.717, 1.165) is 6.42 Å². The molecule has 0 aromatic carbocycles. The minimum atomic E-state index is -2.61. The van der Waals surface area contributed by atoms with E-state index >= 15 is 0 Å². The number of nitriles is 1. The van der Waals surface area contributed by atoms with Gasteiger partial charge in [-0.2, -0.15) is 5.26 Å². The number of hydrogen-bond donors (Lipinski definition) is 0. The van der Waals surface area contributed by atoms with Crippen LogP contribution in [-0.4, -0.2) is 35.6 Å². The maximum Gasteiger partial charge on any atom is 0.253 e. The smallest absolute Gasteiger partial charge is 0.253 e. The third-order valence-corrected chi connectivity index (χ3v) is 7.36. The van der Waals surface area contributed by atoms with Crippen molar-refractivity contribution in [1.82, 2.24) is 4.90 Å². The van der Waals surface area contributed by atoms with Gasteiger partial charge in [-0.3, -0.25) is 9.59 Å². The van der Waals surface area contributed by atoms with Gasteiger partial charge in [0.1, 0.15) is 6.07 Å². The average molecular weight is 376 g/mol. The molecule has 1 heterocycles. The number of likely N-dealkylation sites (tertiary alicyclic amines) is 1. The molecule has 1 spiro atoms. The van der Waals surface area contributed by atoms with Crippen molar-refractivity contribution < 1.29 is 18.4 Å². The van der Waals surface area contributed by atoms with Crippen LogP contribution in [-0.2, 0) is 9.59 Å². The van der Waals surface area contributed by atoms with Gasteiger partial charge in [-0.25, -0.2) is 8.78 Å². The van der Waals surface area contributed by atoms with E-state index in [1.54, 1.807) is 11.0 Å². The van der Waals surface area contributed by atoms with E-state index in [1.807, 2.05) is 19.9 Å². The third-order valence-electron chi connectivity index (χ3n) is 7.36. The SMILES string of the molecule is CC1(C)C[C@@]2(C=C(C#N)C1=O)CCN(C(=O)C1CC3CCC(C1)C3(F)F)C2. The normalized spacial score (nSPS) is 39.4. The number of carbonyl (C=O) groups is 2. The van der Waals surface area contributed by atoms with E-state index in [1.165, 1.54) is 0 Å². The molecule has 0 aromatic rings. The molecule has 3 fully saturated rings. The topological polar surface area (TPSA) is 61.2 Å². The number of rotatable bonds is 1. The fourth-order valence-corrected chi connectivity index (χ4v) is 6.09. The number of alkyl halides is 2. The van der Waals surface area contributed by atoms with Crippen molar-refractivity contribution in [2.75, 3.05) is 13.1 Å². The third kappa shape index (κ3) is 2.81. The van der Waals surface area contributed by atoms with E-state index in [0.29, 0.717) is 32.4 Å². The Balaban J connectivity index is 1.50. The van der Waals surface area contributed by atoms with Crippen molar-refractivity contribution >= 4 is 11.7 Å². The minimum Gasteiger partial charge on any atom is -0.342 e. The Kier molecular flexibility index (Phi) is 4.04. The fraction of sp³-hybridized carbons (Fsp3) is 0.762. The zero-order valence-electron chi connectivity index (χ0n) is 15.9. The van der Waals surface area contributed by atoms with E-state index in [-0.39, 0.29) is 41.4 Å². The number of allylic oxidation sites excluding steroid dienone is 1. The molecule has 2 bridgehead atoms. The number of Topliss-reactive ketones (excluding diaryl/α,β-unsaturated/α-hetero) is 1. The van der Waals surface area contributed by atoms with E-state index in [4.69, 9.17) is 0 Å². The molecule has 1 saturated heterocycles. The summed E-state index contributed by atoms with van der Waals surface area (Å²) in [5.74, 6) is -4.38. The second kappa shape index (κ2) is 5.86. The predicted molar refractivity (Wildman–Crippen MR) is 94.6 cm³/mol. The molecule has 1 aliphatic heterocycles. The molecule has 4 nitrogen and oxygen atoms in total. The summed E-state index contributed by atoms with van der Waals surface area (Å²) in [7, 11) is 0. The largest absolute Gasteiger partial charge is 0.342 e. The lowest BCUT2D eigenvalue weighted by Crippen LogP contribution is -2.45. The Morgan fingerprint density at radius 2 is 1.89 bits per heavy atom. The van der Waals surface area contributed by atoms with Gasteiger partial charge in [-0.15, -0.1) is 0 Å². The summed E-state index contributed by atoms with van der Waals surface area (Å²) in [5.41, 5.74) is -0.781. The molecule has 3 atom stereocenters. The van der Waals surface area contributed by atoms with Gasteiger partial charge in [0, 0.05) is 41.7 Å². The lowest BCUT2D eigenvalue weighted by Gasteiger charge is -2.39. The molecule has 2 unspecified atom stereocenters. The van der Waals surface area contributed by atoms with Crippen molar-refractivity contribution in [2.45, 2.75) is 58.3 Å². The number of ketones is 1. The molecule has 6 heteroatoms. The fourth-order valence-electron chi connectivity index (χ4n) is 6.09. The number of amides is 1. The zero-order chi connectivity index (χ0) is 19.6. The average Bonchev–Trinajstić information content (AvgIpc) is 3.00. The first-order valence-corrected chi connectivity index (χ1v) is 9.92. The van der Waals surface area contributed by atoms with Crippen LogP contribution >= 0.6 is 0 Å².